The van der Waals surface area contributed by atoms with Gasteiger partial charge < -0.3 is 5.32 Å². The standard InChI is InChI=1S/C11H8ClN3O3/c12-9-2-1-7(15(17)18)5-8(9)10(16)14-11(6-13)3-4-11/h1-2,5H,3-4H2,(H,14,16). The van der Waals surface area contributed by atoms with Crippen LogP contribution in [0.2, 0.25) is 5.02 Å². The summed E-state index contributed by atoms with van der Waals surface area (Å²) < 4.78 is 0. The number of nitro groups is 1. The monoisotopic (exact) mass is 265 g/mol. The van der Waals surface area contributed by atoms with Crippen LogP contribution in [0.5, 0.6) is 0 Å². The van der Waals surface area contributed by atoms with Gasteiger partial charge in [0.1, 0.15) is 5.54 Å². The van der Waals surface area contributed by atoms with E-state index >= 15 is 0 Å². The van der Waals surface area contributed by atoms with Crippen LogP contribution in [0, 0.1) is 21.4 Å². The zero-order chi connectivity index (χ0) is 13.3. The summed E-state index contributed by atoms with van der Waals surface area (Å²) in [4.78, 5) is 21.9. The van der Waals surface area contributed by atoms with Crippen LogP contribution in [0.3, 0.4) is 0 Å². The van der Waals surface area contributed by atoms with E-state index in [1.165, 1.54) is 12.1 Å². The summed E-state index contributed by atoms with van der Waals surface area (Å²) >= 11 is 5.82. The van der Waals surface area contributed by atoms with Gasteiger partial charge in [0.2, 0.25) is 0 Å². The number of non-ortho nitro benzene ring substituents is 1. The number of halogens is 1. The second kappa shape index (κ2) is 4.27. The highest BCUT2D eigenvalue weighted by Gasteiger charge is 2.45. The molecule has 1 aromatic rings. The van der Waals surface area contributed by atoms with Crippen molar-refractivity contribution in [3.63, 3.8) is 0 Å². The van der Waals surface area contributed by atoms with E-state index in [0.29, 0.717) is 12.8 Å². The van der Waals surface area contributed by atoms with Gasteiger partial charge in [-0.3, -0.25) is 14.9 Å². The Kier molecular flexibility index (Phi) is 2.93. The highest BCUT2D eigenvalue weighted by molar-refractivity contribution is 6.34. The van der Waals surface area contributed by atoms with Gasteiger partial charge in [0, 0.05) is 12.1 Å². The molecule has 1 aliphatic carbocycles. The van der Waals surface area contributed by atoms with Crippen molar-refractivity contribution in [2.45, 2.75) is 18.4 Å². The molecule has 0 heterocycles. The SMILES string of the molecule is N#CC1(NC(=O)c2cc([N+](=O)[O-])ccc2Cl)CC1. The Labute approximate surface area is 107 Å². The fourth-order valence-electron chi connectivity index (χ4n) is 1.48. The van der Waals surface area contributed by atoms with Crippen LogP contribution >= 0.6 is 11.6 Å². The van der Waals surface area contributed by atoms with Crippen LogP contribution < -0.4 is 5.32 Å². The Bertz CT molecular complexity index is 575. The van der Waals surface area contributed by atoms with Gasteiger partial charge in [-0.15, -0.1) is 0 Å². The summed E-state index contributed by atoms with van der Waals surface area (Å²) in [5, 5.41) is 22.1. The average molecular weight is 266 g/mol. The molecule has 6 nitrogen and oxygen atoms in total. The summed E-state index contributed by atoms with van der Waals surface area (Å²) in [5.74, 6) is -0.567. The maximum absolute atomic E-state index is 11.9. The van der Waals surface area contributed by atoms with Gasteiger partial charge in [-0.05, 0) is 18.9 Å². The van der Waals surface area contributed by atoms with Crippen molar-refractivity contribution < 1.29 is 9.72 Å². The molecule has 0 atom stereocenters. The van der Waals surface area contributed by atoms with E-state index in [1.807, 2.05) is 6.07 Å². The van der Waals surface area contributed by atoms with Crippen molar-refractivity contribution in [1.29, 1.82) is 5.26 Å². The predicted octanol–water partition coefficient (Wildman–Crippen LogP) is 2.03. The number of nitriles is 1. The first kappa shape index (κ1) is 12.3. The van der Waals surface area contributed by atoms with Crippen LogP contribution in [-0.4, -0.2) is 16.4 Å². The molecular weight excluding hydrogens is 258 g/mol. The Morgan fingerprint density at radius 2 is 2.22 bits per heavy atom. The molecule has 1 saturated carbocycles. The molecule has 92 valence electrons. The second-order valence-corrected chi connectivity index (χ2v) is 4.48. The lowest BCUT2D eigenvalue weighted by Crippen LogP contribution is -2.35. The number of nitro benzene ring substituents is 1. The summed E-state index contributed by atoms with van der Waals surface area (Å²) in [6.45, 7) is 0. The normalized spacial score (nSPS) is 15.6. The highest BCUT2D eigenvalue weighted by atomic mass is 35.5. The molecule has 0 radical (unpaired) electrons. The molecule has 1 aliphatic rings. The zero-order valence-corrected chi connectivity index (χ0v) is 9.90. The van der Waals surface area contributed by atoms with Gasteiger partial charge in [-0.1, -0.05) is 11.6 Å². The third-order valence-electron chi connectivity index (χ3n) is 2.72. The van der Waals surface area contributed by atoms with Gasteiger partial charge in [0.05, 0.1) is 21.6 Å². The van der Waals surface area contributed by atoms with E-state index in [2.05, 4.69) is 5.32 Å². The van der Waals surface area contributed by atoms with Crippen LogP contribution in [0.25, 0.3) is 0 Å². The molecule has 1 N–H and O–H groups in total. The fourth-order valence-corrected chi connectivity index (χ4v) is 1.68. The van der Waals surface area contributed by atoms with Crippen LogP contribution in [0.4, 0.5) is 5.69 Å². The summed E-state index contributed by atoms with van der Waals surface area (Å²) in [5.41, 5.74) is -1.04. The Balaban J connectivity index is 2.27. The topological polar surface area (TPSA) is 96.0 Å². The minimum atomic E-state index is -0.828. The number of carbonyl (C=O) groups excluding carboxylic acids is 1. The van der Waals surface area contributed by atoms with Crippen LogP contribution in [0.1, 0.15) is 23.2 Å². The predicted molar refractivity (Wildman–Crippen MR) is 63.2 cm³/mol. The van der Waals surface area contributed by atoms with Gasteiger partial charge >= 0.3 is 0 Å². The number of nitrogens with zero attached hydrogens (tertiary/aromatic N) is 2. The van der Waals surface area contributed by atoms with Crippen molar-refractivity contribution in [2.75, 3.05) is 0 Å². The van der Waals surface area contributed by atoms with Crippen molar-refractivity contribution in [3.8, 4) is 6.07 Å². The Morgan fingerprint density at radius 3 is 2.72 bits per heavy atom. The lowest BCUT2D eigenvalue weighted by atomic mass is 10.1. The maximum Gasteiger partial charge on any atom is 0.270 e. The third-order valence-corrected chi connectivity index (χ3v) is 3.05. The molecule has 0 saturated heterocycles. The number of carbonyl (C=O) groups is 1. The van der Waals surface area contributed by atoms with Gasteiger partial charge in [-0.25, -0.2) is 0 Å². The lowest BCUT2D eigenvalue weighted by Gasteiger charge is -2.09. The van der Waals surface area contributed by atoms with Crippen LogP contribution in [0.15, 0.2) is 18.2 Å². The Hall–Kier alpha value is -2.13. The number of rotatable bonds is 3. The molecular formula is C11H8ClN3O3. The molecule has 0 unspecified atom stereocenters. The number of amides is 1. The summed E-state index contributed by atoms with van der Waals surface area (Å²) in [6, 6.07) is 5.61. The molecule has 0 bridgehead atoms. The minimum Gasteiger partial charge on any atom is -0.334 e. The van der Waals surface area contributed by atoms with Gasteiger partial charge in [-0.2, -0.15) is 5.26 Å². The van der Waals surface area contributed by atoms with E-state index < -0.39 is 16.4 Å². The van der Waals surface area contributed by atoms with Crippen molar-refractivity contribution in [2.24, 2.45) is 0 Å². The molecule has 18 heavy (non-hydrogen) atoms. The molecule has 7 heteroatoms. The molecule has 1 fully saturated rings. The molecule has 2 rings (SSSR count). The zero-order valence-electron chi connectivity index (χ0n) is 9.14. The minimum absolute atomic E-state index is 0.00684. The van der Waals surface area contributed by atoms with Crippen molar-refractivity contribution in [3.05, 3.63) is 38.9 Å². The summed E-state index contributed by atoms with van der Waals surface area (Å²) in [6.07, 6.45) is 1.17. The molecule has 1 amide bonds. The smallest absolute Gasteiger partial charge is 0.270 e. The highest BCUT2D eigenvalue weighted by Crippen LogP contribution is 2.35. The molecule has 1 aromatic carbocycles. The molecule has 0 aliphatic heterocycles. The quantitative estimate of drug-likeness (QED) is 0.668. The summed E-state index contributed by atoms with van der Waals surface area (Å²) in [7, 11) is 0. The van der Waals surface area contributed by atoms with E-state index in [9.17, 15) is 14.9 Å². The first-order valence-corrected chi connectivity index (χ1v) is 5.53. The second-order valence-electron chi connectivity index (χ2n) is 4.07. The van der Waals surface area contributed by atoms with E-state index in [4.69, 9.17) is 16.9 Å². The van der Waals surface area contributed by atoms with Crippen molar-refractivity contribution >= 4 is 23.2 Å². The van der Waals surface area contributed by atoms with Gasteiger partial charge in [0.25, 0.3) is 11.6 Å². The lowest BCUT2D eigenvalue weighted by molar-refractivity contribution is -0.384. The maximum atomic E-state index is 11.9. The first-order valence-electron chi connectivity index (χ1n) is 5.15. The van der Waals surface area contributed by atoms with E-state index in [1.54, 1.807) is 0 Å². The third kappa shape index (κ3) is 2.26. The fraction of sp³-hybridized carbons (Fsp3) is 0.273. The Morgan fingerprint density at radius 1 is 1.56 bits per heavy atom. The van der Waals surface area contributed by atoms with E-state index in [0.717, 1.165) is 6.07 Å². The van der Waals surface area contributed by atoms with Gasteiger partial charge in [0.15, 0.2) is 0 Å². The number of nitrogens with one attached hydrogen (secondary N) is 1. The number of hydrogen-bond donors (Lipinski definition) is 1. The molecule has 0 spiro atoms. The molecule has 0 aromatic heterocycles. The largest absolute Gasteiger partial charge is 0.334 e. The average Bonchev–Trinajstić information content (AvgIpc) is 3.09. The van der Waals surface area contributed by atoms with Crippen LogP contribution in [-0.2, 0) is 0 Å². The first-order chi connectivity index (χ1) is 8.47. The number of hydrogen-bond acceptors (Lipinski definition) is 4. The van der Waals surface area contributed by atoms with E-state index in [-0.39, 0.29) is 16.3 Å². The van der Waals surface area contributed by atoms with Crippen molar-refractivity contribution in [1.82, 2.24) is 5.32 Å². The number of benzene rings is 1.